The molecule has 11 nitrogen and oxygen atoms in total. The molecule has 0 saturated carbocycles. The molecule has 0 radical (unpaired) electrons. The van der Waals surface area contributed by atoms with Gasteiger partial charge in [0.1, 0.15) is 16.4 Å². The third-order valence-electron chi connectivity index (χ3n) is 5.73. The Kier molecular flexibility index (Phi) is 5.21. The molecule has 34 heavy (non-hydrogen) atoms. The first-order valence-electron chi connectivity index (χ1n) is 10.2. The van der Waals surface area contributed by atoms with E-state index in [1.54, 1.807) is 24.0 Å². The van der Waals surface area contributed by atoms with E-state index in [0.29, 0.717) is 28.1 Å². The zero-order valence-electron chi connectivity index (χ0n) is 18.3. The highest BCUT2D eigenvalue weighted by Gasteiger charge is 2.29. The molecule has 0 bridgehead atoms. The summed E-state index contributed by atoms with van der Waals surface area (Å²) in [7, 11) is 3.02. The molecule has 0 saturated heterocycles. The van der Waals surface area contributed by atoms with Gasteiger partial charge < -0.3 is 20.4 Å². The molecule has 1 aromatic carbocycles. The maximum Gasteiger partial charge on any atom is 0.321 e. The van der Waals surface area contributed by atoms with E-state index >= 15 is 0 Å². The second-order valence-corrected chi connectivity index (χ2v) is 8.70. The van der Waals surface area contributed by atoms with Crippen molar-refractivity contribution < 1.29 is 9.53 Å². The van der Waals surface area contributed by atoms with E-state index in [1.807, 2.05) is 18.2 Å². The number of esters is 1. The Balaban J connectivity index is 1.62. The molecule has 0 amide bonds. The average Bonchev–Trinajstić information content (AvgIpc) is 3.53. The van der Waals surface area contributed by atoms with E-state index in [4.69, 9.17) is 15.9 Å². The largest absolute Gasteiger partial charge is 0.468 e. The van der Waals surface area contributed by atoms with E-state index in [1.165, 1.54) is 29.2 Å². The number of nitrogens with two attached hydrogens (primary N) is 1. The first kappa shape index (κ1) is 21.5. The van der Waals surface area contributed by atoms with Crippen LogP contribution in [0.4, 0.5) is 0 Å². The summed E-state index contributed by atoms with van der Waals surface area (Å²) >= 11 is 1.25. The van der Waals surface area contributed by atoms with Crippen molar-refractivity contribution in [2.45, 2.75) is 12.5 Å². The number of aromatic nitrogens is 6. The zero-order valence-corrected chi connectivity index (χ0v) is 19.1. The Morgan fingerprint density at radius 1 is 1.35 bits per heavy atom. The quantitative estimate of drug-likeness (QED) is 0.250. The standard InChI is InChI=1S/C22H20N8O3S/c1-29-17-13(18-19(29)27-20(34-18)16(22(32)33-2)14(24)6-7-23)9-26-30(21(17)31)10-11-4-3-5-15-12(11)8-25-28-15/h3-9,16,23H,10,24H2,1-2H3,(H,25,28). The summed E-state index contributed by atoms with van der Waals surface area (Å²) in [6.45, 7) is 0.290. The van der Waals surface area contributed by atoms with Gasteiger partial charge in [0.2, 0.25) is 0 Å². The van der Waals surface area contributed by atoms with Gasteiger partial charge in [-0.3, -0.25) is 14.7 Å². The predicted octanol–water partition coefficient (Wildman–Crippen LogP) is 2.02. The minimum absolute atomic E-state index is 0.152. The van der Waals surface area contributed by atoms with Gasteiger partial charge in [-0.25, -0.2) is 9.67 Å². The fraction of sp³-hybridized carbons (Fsp3) is 0.182. The second-order valence-electron chi connectivity index (χ2n) is 7.67. The van der Waals surface area contributed by atoms with Crippen LogP contribution < -0.4 is 11.3 Å². The highest BCUT2D eigenvalue weighted by atomic mass is 32.1. The van der Waals surface area contributed by atoms with Crippen LogP contribution in [0.25, 0.3) is 32.2 Å². The van der Waals surface area contributed by atoms with Gasteiger partial charge in [-0.15, -0.1) is 11.3 Å². The molecule has 1 unspecified atom stereocenters. The Morgan fingerprint density at radius 3 is 2.94 bits per heavy atom. The Labute approximate surface area is 196 Å². The number of benzene rings is 1. The SMILES string of the molecule is COC(=O)C(C(N)=CC=N)c1nc2c(s1)c1cnn(Cc3cccc4[nH]ncc34)c(=O)c1n2C. The maximum atomic E-state index is 13.4. The van der Waals surface area contributed by atoms with Crippen LogP contribution in [0.3, 0.4) is 0 Å². The van der Waals surface area contributed by atoms with Crippen LogP contribution in [0, 0.1) is 5.41 Å². The lowest BCUT2D eigenvalue weighted by molar-refractivity contribution is -0.141. The Hall–Kier alpha value is -4.32. The van der Waals surface area contributed by atoms with E-state index in [2.05, 4.69) is 20.3 Å². The third kappa shape index (κ3) is 3.27. The van der Waals surface area contributed by atoms with E-state index in [-0.39, 0.29) is 11.3 Å². The predicted molar refractivity (Wildman–Crippen MR) is 129 cm³/mol. The summed E-state index contributed by atoms with van der Waals surface area (Å²) in [5.74, 6) is -1.52. The number of H-pyrrole nitrogens is 1. The summed E-state index contributed by atoms with van der Waals surface area (Å²) in [5.41, 5.74) is 8.74. The van der Waals surface area contributed by atoms with Gasteiger partial charge in [0.15, 0.2) is 5.65 Å². The first-order valence-corrected chi connectivity index (χ1v) is 11.1. The summed E-state index contributed by atoms with van der Waals surface area (Å²) in [6.07, 6.45) is 5.70. The molecular weight excluding hydrogens is 456 g/mol. The van der Waals surface area contributed by atoms with Crippen molar-refractivity contribution in [3.63, 3.8) is 0 Å². The number of methoxy groups -OCH3 is 1. The van der Waals surface area contributed by atoms with Crippen molar-refractivity contribution >= 4 is 55.7 Å². The van der Waals surface area contributed by atoms with Gasteiger partial charge in [-0.1, -0.05) is 12.1 Å². The molecule has 12 heteroatoms. The average molecular weight is 477 g/mol. The van der Waals surface area contributed by atoms with Gasteiger partial charge in [-0.2, -0.15) is 10.2 Å². The molecule has 0 spiro atoms. The normalized spacial score (nSPS) is 13.1. The topological polar surface area (TPSA) is 158 Å². The maximum absolute atomic E-state index is 13.4. The number of aromatic amines is 1. The molecule has 0 aliphatic rings. The molecular formula is C22H20N8O3S. The van der Waals surface area contributed by atoms with E-state index in [9.17, 15) is 9.59 Å². The number of carbonyl (C=O) groups excluding carboxylic acids is 1. The van der Waals surface area contributed by atoms with E-state index < -0.39 is 11.9 Å². The summed E-state index contributed by atoms with van der Waals surface area (Å²) in [6, 6.07) is 5.76. The number of fused-ring (bicyclic) bond motifs is 4. The number of rotatable bonds is 6. The van der Waals surface area contributed by atoms with Crippen molar-refractivity contribution in [3.8, 4) is 0 Å². The summed E-state index contributed by atoms with van der Waals surface area (Å²) in [5, 5.41) is 20.7. The molecule has 0 aliphatic heterocycles. The van der Waals surface area contributed by atoms with Crippen LogP contribution in [-0.4, -0.2) is 48.8 Å². The van der Waals surface area contributed by atoms with Crippen LogP contribution in [0.1, 0.15) is 16.5 Å². The lowest BCUT2D eigenvalue weighted by Crippen LogP contribution is -2.24. The number of allylic oxidation sites excluding steroid dienone is 1. The van der Waals surface area contributed by atoms with Crippen molar-refractivity contribution in [2.24, 2.45) is 12.8 Å². The lowest BCUT2D eigenvalue weighted by atomic mass is 10.1. The number of hydrogen-bond donors (Lipinski definition) is 3. The van der Waals surface area contributed by atoms with Crippen LogP contribution in [0.5, 0.6) is 0 Å². The molecule has 5 aromatic rings. The molecule has 172 valence electrons. The smallest absolute Gasteiger partial charge is 0.321 e. The monoisotopic (exact) mass is 476 g/mol. The van der Waals surface area contributed by atoms with Crippen LogP contribution in [-0.2, 0) is 23.1 Å². The van der Waals surface area contributed by atoms with Crippen LogP contribution >= 0.6 is 11.3 Å². The minimum atomic E-state index is -0.942. The Bertz CT molecular complexity index is 1670. The molecule has 4 heterocycles. The number of aryl methyl sites for hydroxylation is 1. The first-order chi connectivity index (χ1) is 16.4. The molecule has 4 N–H and O–H groups in total. The Morgan fingerprint density at radius 2 is 2.18 bits per heavy atom. The van der Waals surface area contributed by atoms with Crippen molar-refractivity contribution in [3.05, 3.63) is 63.3 Å². The lowest BCUT2D eigenvalue weighted by Gasteiger charge is -2.12. The molecule has 0 aliphatic carbocycles. The number of nitrogens with one attached hydrogen (secondary N) is 2. The fourth-order valence-electron chi connectivity index (χ4n) is 4.06. The highest BCUT2D eigenvalue weighted by Crippen LogP contribution is 2.35. The number of thiazole rings is 1. The van der Waals surface area contributed by atoms with Crippen molar-refractivity contribution in [2.75, 3.05) is 7.11 Å². The highest BCUT2D eigenvalue weighted by molar-refractivity contribution is 7.19. The molecule has 1 atom stereocenters. The van der Waals surface area contributed by atoms with Crippen LogP contribution in [0.15, 0.2) is 47.2 Å². The van der Waals surface area contributed by atoms with Crippen LogP contribution in [0.2, 0.25) is 0 Å². The van der Waals surface area contributed by atoms with Gasteiger partial charge in [0, 0.05) is 29.7 Å². The number of hydrogen-bond acceptors (Lipinski definition) is 9. The minimum Gasteiger partial charge on any atom is -0.468 e. The van der Waals surface area contributed by atoms with Gasteiger partial charge >= 0.3 is 5.97 Å². The molecule has 4 aromatic heterocycles. The van der Waals surface area contributed by atoms with E-state index in [0.717, 1.165) is 27.4 Å². The van der Waals surface area contributed by atoms with Gasteiger partial charge in [-0.05, 0) is 17.7 Å². The third-order valence-corrected chi connectivity index (χ3v) is 6.87. The number of carbonyl (C=O) groups is 1. The summed E-state index contributed by atoms with van der Waals surface area (Å²) < 4.78 is 8.73. The summed E-state index contributed by atoms with van der Waals surface area (Å²) in [4.78, 5) is 30.4. The van der Waals surface area contributed by atoms with Crippen molar-refractivity contribution in [1.82, 2.24) is 29.5 Å². The molecule has 0 fully saturated rings. The van der Waals surface area contributed by atoms with Gasteiger partial charge in [0.05, 0.1) is 36.3 Å². The number of nitrogens with zero attached hydrogens (tertiary/aromatic N) is 5. The molecule has 5 rings (SSSR count). The zero-order chi connectivity index (χ0) is 24.0. The second kappa shape index (κ2) is 8.23. The fourth-order valence-corrected chi connectivity index (χ4v) is 5.28. The number of ether oxygens (including phenoxy) is 1. The van der Waals surface area contributed by atoms with Crippen molar-refractivity contribution in [1.29, 1.82) is 5.41 Å². The van der Waals surface area contributed by atoms with Gasteiger partial charge in [0.25, 0.3) is 5.56 Å².